The molecule has 0 saturated carbocycles. The van der Waals surface area contributed by atoms with Crippen LogP contribution in [0.1, 0.15) is 11.7 Å². The summed E-state index contributed by atoms with van der Waals surface area (Å²) in [6.45, 7) is 5.25. The highest BCUT2D eigenvalue weighted by Crippen LogP contribution is 2.38. The van der Waals surface area contributed by atoms with Crippen molar-refractivity contribution in [1.82, 2.24) is 0 Å². The Morgan fingerprint density at radius 3 is 2.24 bits per heavy atom. The second-order valence-corrected chi connectivity index (χ2v) is 10.4. The lowest BCUT2D eigenvalue weighted by Crippen LogP contribution is -2.35. The Bertz CT molecular complexity index is 387. The molecule has 0 aliphatic rings. The molecule has 1 nitrogen and oxygen atoms in total. The zero-order valence-corrected chi connectivity index (χ0v) is 13.0. The van der Waals surface area contributed by atoms with Crippen molar-refractivity contribution in [2.45, 2.75) is 31.9 Å². The Hall–Kier alpha value is -0.0831. The number of rotatable bonds is 3. The van der Waals surface area contributed by atoms with Gasteiger partial charge in [-0.3, -0.25) is 0 Å². The normalized spacial score (nSPS) is 14.8. The fourth-order valence-corrected chi connectivity index (χ4v) is 2.89. The average molecular weight is 374 g/mol. The summed E-state index contributed by atoms with van der Waals surface area (Å²) in [6.07, 6.45) is -6.19. The minimum absolute atomic E-state index is 0.173. The molecule has 96 valence electrons. The van der Waals surface area contributed by atoms with Crippen LogP contribution in [-0.2, 0) is 4.43 Å². The molecule has 0 N–H and O–H groups in total. The van der Waals surface area contributed by atoms with Gasteiger partial charge in [0.15, 0.2) is 14.4 Å². The van der Waals surface area contributed by atoms with Crippen molar-refractivity contribution in [3.63, 3.8) is 0 Å². The maximum atomic E-state index is 13.0. The molecule has 0 fully saturated rings. The van der Waals surface area contributed by atoms with E-state index in [-0.39, 0.29) is 5.56 Å². The molecule has 0 aliphatic heterocycles. The van der Waals surface area contributed by atoms with Crippen LogP contribution in [0.15, 0.2) is 24.3 Å². The Morgan fingerprint density at radius 1 is 1.24 bits per heavy atom. The van der Waals surface area contributed by atoms with E-state index in [2.05, 4.69) is 0 Å². The van der Waals surface area contributed by atoms with E-state index in [1.54, 1.807) is 31.8 Å². The molecule has 6 heteroatoms. The molecule has 0 heterocycles. The van der Waals surface area contributed by atoms with Crippen LogP contribution in [0, 0.1) is 3.57 Å². The molecule has 0 bridgehead atoms. The molecule has 17 heavy (non-hydrogen) atoms. The number of hydrogen-bond donors (Lipinski definition) is 0. The third kappa shape index (κ3) is 4.97. The van der Waals surface area contributed by atoms with Gasteiger partial charge in [-0.2, -0.15) is 13.2 Å². The van der Waals surface area contributed by atoms with E-state index >= 15 is 0 Å². The molecule has 0 aromatic heterocycles. The Labute approximate surface area is 114 Å². The number of hydrogen-bond acceptors (Lipinski definition) is 1. The summed E-state index contributed by atoms with van der Waals surface area (Å²) in [7, 11) is -2.25. The second-order valence-electron chi connectivity index (χ2n) is 4.71. The van der Waals surface area contributed by atoms with Crippen molar-refractivity contribution >= 4 is 30.9 Å². The topological polar surface area (TPSA) is 9.23 Å². The summed E-state index contributed by atoms with van der Waals surface area (Å²) in [5, 5.41) is 0. The molecule has 1 aromatic rings. The van der Waals surface area contributed by atoms with Crippen molar-refractivity contribution in [2.24, 2.45) is 0 Å². The third-order valence-electron chi connectivity index (χ3n) is 1.92. The zero-order chi connectivity index (χ0) is 13.3. The highest BCUT2D eigenvalue weighted by Gasteiger charge is 2.44. The van der Waals surface area contributed by atoms with Crippen LogP contribution in [0.4, 0.5) is 13.2 Å². The maximum Gasteiger partial charge on any atom is 0.417 e. The van der Waals surface area contributed by atoms with Gasteiger partial charge >= 0.3 is 6.18 Å². The predicted octanol–water partition coefficient (Wildman–Crippen LogP) is 4.75. The van der Waals surface area contributed by atoms with Gasteiger partial charge in [-0.1, -0.05) is 12.1 Å². The molecule has 0 saturated heterocycles. The van der Waals surface area contributed by atoms with Gasteiger partial charge in [-0.05, 0) is 59.9 Å². The van der Waals surface area contributed by atoms with Crippen molar-refractivity contribution < 1.29 is 17.6 Å². The van der Waals surface area contributed by atoms with Crippen LogP contribution >= 0.6 is 22.6 Å². The van der Waals surface area contributed by atoms with Crippen molar-refractivity contribution in [3.8, 4) is 0 Å². The first-order valence-electron chi connectivity index (χ1n) is 5.09. The predicted molar refractivity (Wildman–Crippen MR) is 72.4 cm³/mol. The van der Waals surface area contributed by atoms with E-state index in [9.17, 15) is 13.2 Å². The van der Waals surface area contributed by atoms with E-state index in [1.165, 1.54) is 12.1 Å². The number of halogens is 4. The fourth-order valence-electron chi connectivity index (χ4n) is 1.35. The molecule has 0 aliphatic carbocycles. The summed E-state index contributed by atoms with van der Waals surface area (Å²) < 4.78 is 44.9. The van der Waals surface area contributed by atoms with Crippen molar-refractivity contribution in [3.05, 3.63) is 33.4 Å². The smallest absolute Gasteiger partial charge is 0.403 e. The Kier molecular flexibility index (Phi) is 4.65. The summed E-state index contributed by atoms with van der Waals surface area (Å²) in [5.41, 5.74) is 0.173. The van der Waals surface area contributed by atoms with Gasteiger partial charge < -0.3 is 4.43 Å². The monoisotopic (exact) mass is 374 g/mol. The number of alkyl halides is 3. The van der Waals surface area contributed by atoms with Gasteiger partial charge in [0.25, 0.3) is 0 Å². The second kappa shape index (κ2) is 5.27. The minimum Gasteiger partial charge on any atom is -0.403 e. The highest BCUT2D eigenvalue weighted by molar-refractivity contribution is 14.1. The standard InChI is InChI=1S/C11H14F3IOSi/c1-17(2,3)16-10(11(12,13)14)8-5-4-6-9(15)7-8/h4-7,10H,1-3H3. The van der Waals surface area contributed by atoms with E-state index in [0.29, 0.717) is 0 Å². The molecular weight excluding hydrogens is 360 g/mol. The van der Waals surface area contributed by atoms with Crippen LogP contribution in [0.2, 0.25) is 19.6 Å². The van der Waals surface area contributed by atoms with Crippen molar-refractivity contribution in [2.75, 3.05) is 0 Å². The molecule has 0 spiro atoms. The summed E-state index contributed by atoms with van der Waals surface area (Å²) in [5.74, 6) is 0. The molecule has 0 amide bonds. The number of benzene rings is 1. The molecular formula is C11H14F3IOSi. The lowest BCUT2D eigenvalue weighted by atomic mass is 10.1. The van der Waals surface area contributed by atoms with Crippen LogP contribution in [0.25, 0.3) is 0 Å². The van der Waals surface area contributed by atoms with Crippen LogP contribution < -0.4 is 0 Å². The van der Waals surface area contributed by atoms with Gasteiger partial charge in [0, 0.05) is 3.57 Å². The van der Waals surface area contributed by atoms with E-state index in [0.717, 1.165) is 3.57 Å². The third-order valence-corrected chi connectivity index (χ3v) is 3.53. The first-order valence-corrected chi connectivity index (χ1v) is 9.58. The van der Waals surface area contributed by atoms with E-state index in [4.69, 9.17) is 4.43 Å². The summed E-state index contributed by atoms with van der Waals surface area (Å²) >= 11 is 1.99. The van der Waals surface area contributed by atoms with Gasteiger partial charge in [-0.25, -0.2) is 0 Å². The van der Waals surface area contributed by atoms with Gasteiger partial charge in [-0.15, -0.1) is 0 Å². The largest absolute Gasteiger partial charge is 0.417 e. The quantitative estimate of drug-likeness (QED) is 0.548. The highest BCUT2D eigenvalue weighted by atomic mass is 127. The SMILES string of the molecule is C[Si](C)(C)OC(c1cccc(I)c1)C(F)(F)F. The molecule has 1 atom stereocenters. The average Bonchev–Trinajstić information content (AvgIpc) is 2.11. The van der Waals surface area contributed by atoms with E-state index < -0.39 is 20.6 Å². The van der Waals surface area contributed by atoms with Crippen LogP contribution in [-0.4, -0.2) is 14.5 Å². The minimum atomic E-state index is -4.37. The summed E-state index contributed by atoms with van der Waals surface area (Å²) in [4.78, 5) is 0. The molecule has 0 radical (unpaired) electrons. The lowest BCUT2D eigenvalue weighted by molar-refractivity contribution is -0.200. The molecule has 1 rings (SSSR count). The first kappa shape index (κ1) is 15.0. The lowest BCUT2D eigenvalue weighted by Gasteiger charge is -2.28. The van der Waals surface area contributed by atoms with E-state index in [1.807, 2.05) is 22.6 Å². The molecule has 1 unspecified atom stereocenters. The van der Waals surface area contributed by atoms with Gasteiger partial charge in [0.05, 0.1) is 0 Å². The first-order chi connectivity index (χ1) is 7.59. The Morgan fingerprint density at radius 2 is 1.82 bits per heavy atom. The van der Waals surface area contributed by atoms with Crippen molar-refractivity contribution in [1.29, 1.82) is 0 Å². The van der Waals surface area contributed by atoms with Crippen LogP contribution in [0.3, 0.4) is 0 Å². The fraction of sp³-hybridized carbons (Fsp3) is 0.455. The zero-order valence-electron chi connectivity index (χ0n) is 9.81. The Balaban J connectivity index is 3.07. The van der Waals surface area contributed by atoms with Gasteiger partial charge in [0.1, 0.15) is 0 Å². The van der Waals surface area contributed by atoms with Crippen LogP contribution in [0.5, 0.6) is 0 Å². The molecule has 1 aromatic carbocycles. The van der Waals surface area contributed by atoms with Gasteiger partial charge in [0.2, 0.25) is 0 Å². The summed E-state index contributed by atoms with van der Waals surface area (Å²) in [6, 6.07) is 6.34. The maximum absolute atomic E-state index is 13.0.